The summed E-state index contributed by atoms with van der Waals surface area (Å²) < 4.78 is 33.9. The second kappa shape index (κ2) is 38.3. The molecule has 0 aromatic heterocycles. The van der Waals surface area contributed by atoms with Crippen molar-refractivity contribution in [2.24, 2.45) is 0 Å². The molecule has 55 heavy (non-hydrogen) atoms. The lowest BCUT2D eigenvalue weighted by atomic mass is 10.0. The molecule has 9 nitrogen and oxygen atoms in total. The van der Waals surface area contributed by atoms with E-state index >= 15 is 0 Å². The van der Waals surface area contributed by atoms with Gasteiger partial charge in [-0.2, -0.15) is 0 Å². The van der Waals surface area contributed by atoms with Crippen LogP contribution in [0.5, 0.6) is 0 Å². The van der Waals surface area contributed by atoms with Gasteiger partial charge in [0.1, 0.15) is 19.8 Å². The van der Waals surface area contributed by atoms with E-state index in [4.69, 9.17) is 18.5 Å². The molecule has 0 aliphatic carbocycles. The fourth-order valence-electron chi connectivity index (χ4n) is 6.41. The number of nitrogens with zero attached hydrogens (tertiary/aromatic N) is 1. The summed E-state index contributed by atoms with van der Waals surface area (Å²) >= 11 is 0. The van der Waals surface area contributed by atoms with Gasteiger partial charge in [-0.3, -0.25) is 14.2 Å². The number of carbonyl (C=O) groups excluding carboxylic acids is 2. The Kier molecular flexibility index (Phi) is 37.4. The van der Waals surface area contributed by atoms with Gasteiger partial charge in [0.15, 0.2) is 6.10 Å². The largest absolute Gasteiger partial charge is 0.756 e. The summed E-state index contributed by atoms with van der Waals surface area (Å²) in [7, 11) is 1.17. The van der Waals surface area contributed by atoms with E-state index in [9.17, 15) is 19.0 Å². The van der Waals surface area contributed by atoms with Crippen molar-refractivity contribution in [1.82, 2.24) is 0 Å². The van der Waals surface area contributed by atoms with Crippen molar-refractivity contribution >= 4 is 19.8 Å². The molecule has 10 heteroatoms. The van der Waals surface area contributed by atoms with Crippen molar-refractivity contribution in [3.8, 4) is 0 Å². The monoisotopic (exact) mass is 802 g/mol. The van der Waals surface area contributed by atoms with Crippen LogP contribution < -0.4 is 4.89 Å². The van der Waals surface area contributed by atoms with Gasteiger partial charge < -0.3 is 27.9 Å². The topological polar surface area (TPSA) is 111 Å². The van der Waals surface area contributed by atoms with E-state index in [2.05, 4.69) is 26.0 Å². The van der Waals surface area contributed by atoms with E-state index in [1.54, 1.807) is 0 Å². The number of rotatable bonds is 42. The van der Waals surface area contributed by atoms with Crippen LogP contribution in [0.2, 0.25) is 0 Å². The normalized spacial score (nSPS) is 13.6. The number of phosphoric acid groups is 1. The first-order chi connectivity index (χ1) is 26.5. The first kappa shape index (κ1) is 53.8. The smallest absolute Gasteiger partial charge is 0.306 e. The lowest BCUT2D eigenvalue weighted by molar-refractivity contribution is -0.870. The second-order valence-electron chi connectivity index (χ2n) is 16.8. The number of esters is 2. The molecule has 0 saturated heterocycles. The zero-order valence-electron chi connectivity index (χ0n) is 36.6. The van der Waals surface area contributed by atoms with Gasteiger partial charge in [0, 0.05) is 12.8 Å². The Morgan fingerprint density at radius 3 is 1.35 bits per heavy atom. The molecule has 0 bridgehead atoms. The fourth-order valence-corrected chi connectivity index (χ4v) is 7.14. The Balaban J connectivity index is 4.19. The Morgan fingerprint density at radius 2 is 0.927 bits per heavy atom. The van der Waals surface area contributed by atoms with Gasteiger partial charge in [0.25, 0.3) is 7.82 Å². The van der Waals surface area contributed by atoms with Crippen LogP contribution in [-0.4, -0.2) is 70.0 Å². The van der Waals surface area contributed by atoms with Crippen LogP contribution in [0.15, 0.2) is 12.2 Å². The summed E-state index contributed by atoms with van der Waals surface area (Å²) in [6.45, 7) is 4.23. The third-order valence-electron chi connectivity index (χ3n) is 10.0. The second-order valence-corrected chi connectivity index (χ2v) is 18.2. The number of phosphoric ester groups is 1. The van der Waals surface area contributed by atoms with Gasteiger partial charge >= 0.3 is 11.9 Å². The molecule has 0 aromatic rings. The summed E-state index contributed by atoms with van der Waals surface area (Å²) in [6.07, 6.45) is 39.6. The molecule has 0 fully saturated rings. The molecule has 0 N–H and O–H groups in total. The zero-order valence-corrected chi connectivity index (χ0v) is 37.5. The third kappa shape index (κ3) is 42.2. The van der Waals surface area contributed by atoms with Crippen LogP contribution in [0.25, 0.3) is 0 Å². The molecule has 0 heterocycles. The van der Waals surface area contributed by atoms with Gasteiger partial charge in [-0.25, -0.2) is 0 Å². The van der Waals surface area contributed by atoms with Crippen molar-refractivity contribution in [2.75, 3.05) is 47.5 Å². The molecule has 0 rings (SSSR count). The average molecular weight is 802 g/mol. The van der Waals surface area contributed by atoms with Crippen LogP contribution in [0, 0.1) is 0 Å². The molecule has 1 unspecified atom stereocenters. The van der Waals surface area contributed by atoms with E-state index in [-0.39, 0.29) is 32.0 Å². The minimum Gasteiger partial charge on any atom is -0.756 e. The zero-order chi connectivity index (χ0) is 40.7. The standard InChI is InChI=1S/C45H88NO8P/c1-6-8-10-12-14-16-18-19-20-21-22-23-24-25-26-27-28-30-31-33-35-37-44(47)51-41-43(42-53-55(49,50)52-40-39-46(3,4)5)54-45(48)38-36-34-32-29-17-15-13-11-9-7-2/h19-20,43H,6-18,21-42H2,1-5H3/b20-19+/t43-/m0/s1. The summed E-state index contributed by atoms with van der Waals surface area (Å²) in [5.41, 5.74) is 0. The van der Waals surface area contributed by atoms with Crippen molar-refractivity contribution in [3.05, 3.63) is 12.2 Å². The number of hydrogen-bond acceptors (Lipinski definition) is 8. The van der Waals surface area contributed by atoms with Gasteiger partial charge in [0.2, 0.25) is 0 Å². The Labute approximate surface area is 339 Å². The highest BCUT2D eigenvalue weighted by Crippen LogP contribution is 2.38. The summed E-state index contributed by atoms with van der Waals surface area (Å²) in [6, 6.07) is 0. The molecular weight excluding hydrogens is 713 g/mol. The SMILES string of the molecule is CCCCCCCC/C=C/CCCCCCCCCCCCCC(=O)OC[C@@H](COP(=O)([O-])OCC[N+](C)(C)C)OC(=O)CCCCCCCCCCCC. The van der Waals surface area contributed by atoms with Crippen LogP contribution in [0.4, 0.5) is 0 Å². The lowest BCUT2D eigenvalue weighted by Crippen LogP contribution is -2.37. The van der Waals surface area contributed by atoms with Crippen LogP contribution in [-0.2, 0) is 32.7 Å². The van der Waals surface area contributed by atoms with Crippen molar-refractivity contribution in [2.45, 2.75) is 219 Å². The maximum absolute atomic E-state index is 12.6. The van der Waals surface area contributed by atoms with Crippen molar-refractivity contribution in [1.29, 1.82) is 0 Å². The highest BCUT2D eigenvalue weighted by Gasteiger charge is 2.21. The molecule has 0 aromatic carbocycles. The van der Waals surface area contributed by atoms with E-state index in [1.165, 1.54) is 148 Å². The number of unbranched alkanes of at least 4 members (excludes halogenated alkanes) is 26. The molecule has 2 atom stereocenters. The minimum atomic E-state index is -4.62. The molecule has 0 radical (unpaired) electrons. The number of carbonyl (C=O) groups is 2. The van der Waals surface area contributed by atoms with Crippen LogP contribution in [0.1, 0.15) is 213 Å². The van der Waals surface area contributed by atoms with Crippen molar-refractivity contribution < 1.29 is 42.1 Å². The number of hydrogen-bond donors (Lipinski definition) is 0. The maximum Gasteiger partial charge on any atom is 0.306 e. The van der Waals surface area contributed by atoms with E-state index < -0.39 is 26.5 Å². The number of quaternary nitrogens is 1. The highest BCUT2D eigenvalue weighted by molar-refractivity contribution is 7.45. The Bertz CT molecular complexity index is 954. The first-order valence-electron chi connectivity index (χ1n) is 22.9. The minimum absolute atomic E-state index is 0.0276. The quantitative estimate of drug-likeness (QED) is 0.0197. The van der Waals surface area contributed by atoms with Gasteiger partial charge in [-0.1, -0.05) is 174 Å². The van der Waals surface area contributed by atoms with E-state index in [1.807, 2.05) is 21.1 Å². The molecular formula is C45H88NO8P. The maximum atomic E-state index is 12.6. The van der Waals surface area contributed by atoms with Crippen LogP contribution >= 0.6 is 7.82 Å². The first-order valence-corrected chi connectivity index (χ1v) is 24.4. The lowest BCUT2D eigenvalue weighted by Gasteiger charge is -2.28. The van der Waals surface area contributed by atoms with Crippen molar-refractivity contribution in [3.63, 3.8) is 0 Å². The fraction of sp³-hybridized carbons (Fsp3) is 0.911. The average Bonchev–Trinajstić information content (AvgIpc) is 3.13. The molecule has 0 saturated carbocycles. The van der Waals surface area contributed by atoms with Gasteiger partial charge in [-0.15, -0.1) is 0 Å². The molecule has 0 aliphatic heterocycles. The highest BCUT2D eigenvalue weighted by atomic mass is 31.2. The summed E-state index contributed by atoms with van der Waals surface area (Å²) in [4.78, 5) is 37.5. The van der Waals surface area contributed by atoms with E-state index in [0.29, 0.717) is 17.4 Å². The predicted octanol–water partition coefficient (Wildman–Crippen LogP) is 12.3. The van der Waals surface area contributed by atoms with E-state index in [0.717, 1.165) is 32.1 Å². The van der Waals surface area contributed by atoms with Gasteiger partial charge in [-0.05, 0) is 38.5 Å². The molecule has 0 amide bonds. The summed E-state index contributed by atoms with van der Waals surface area (Å²) in [5, 5.41) is 0. The number of ether oxygens (including phenoxy) is 2. The Morgan fingerprint density at radius 1 is 0.545 bits per heavy atom. The number of likely N-dealkylation sites (N-methyl/N-ethyl adjacent to an activating group) is 1. The third-order valence-corrected chi connectivity index (χ3v) is 11.0. The predicted molar refractivity (Wildman–Crippen MR) is 227 cm³/mol. The van der Waals surface area contributed by atoms with Gasteiger partial charge in [0.05, 0.1) is 27.7 Å². The molecule has 0 spiro atoms. The summed E-state index contributed by atoms with van der Waals surface area (Å²) in [5.74, 6) is -0.828. The Hall–Kier alpha value is -1.25. The van der Waals surface area contributed by atoms with Crippen LogP contribution in [0.3, 0.4) is 0 Å². The number of allylic oxidation sites excluding steroid dienone is 2. The molecule has 0 aliphatic rings. The molecule has 326 valence electrons.